The van der Waals surface area contributed by atoms with Crippen LogP contribution in [0.15, 0.2) is 24.3 Å². The van der Waals surface area contributed by atoms with Crippen LogP contribution in [-0.2, 0) is 16.1 Å². The molecule has 1 atom stereocenters. The molecule has 1 aromatic rings. The summed E-state index contributed by atoms with van der Waals surface area (Å²) in [6, 6.07) is 7.45. The fourth-order valence-electron chi connectivity index (χ4n) is 4.02. The molecule has 142 valence electrons. The van der Waals surface area contributed by atoms with E-state index < -0.39 is 0 Å². The third kappa shape index (κ3) is 4.21. The summed E-state index contributed by atoms with van der Waals surface area (Å²) in [7, 11) is 1.82. The summed E-state index contributed by atoms with van der Waals surface area (Å²) < 4.78 is 0. The van der Waals surface area contributed by atoms with E-state index >= 15 is 0 Å². The molecule has 1 N–H and O–H groups in total. The van der Waals surface area contributed by atoms with Gasteiger partial charge in [0, 0.05) is 43.5 Å². The van der Waals surface area contributed by atoms with Crippen molar-refractivity contribution in [1.29, 1.82) is 0 Å². The zero-order valence-electron chi connectivity index (χ0n) is 15.3. The van der Waals surface area contributed by atoms with Gasteiger partial charge in [0.15, 0.2) is 0 Å². The lowest BCUT2D eigenvalue weighted by Gasteiger charge is -2.44. The normalized spacial score (nSPS) is 22.0. The Labute approximate surface area is 159 Å². The van der Waals surface area contributed by atoms with Gasteiger partial charge in [0.2, 0.25) is 11.8 Å². The number of rotatable bonds is 6. The quantitative estimate of drug-likeness (QED) is 0.827. The Balaban J connectivity index is 1.60. The molecule has 1 aromatic carbocycles. The van der Waals surface area contributed by atoms with Crippen LogP contribution in [0.3, 0.4) is 0 Å². The van der Waals surface area contributed by atoms with Crippen molar-refractivity contribution < 1.29 is 14.7 Å². The zero-order valence-corrected chi connectivity index (χ0v) is 16.0. The zero-order chi connectivity index (χ0) is 18.7. The number of benzene rings is 1. The highest BCUT2D eigenvalue weighted by Crippen LogP contribution is 2.41. The molecule has 0 aromatic heterocycles. The van der Waals surface area contributed by atoms with E-state index in [-0.39, 0.29) is 29.8 Å². The number of hydrogen-bond donors (Lipinski definition) is 1. The van der Waals surface area contributed by atoms with Gasteiger partial charge < -0.3 is 14.9 Å². The summed E-state index contributed by atoms with van der Waals surface area (Å²) in [5.74, 6) is 0.0108. The van der Waals surface area contributed by atoms with Crippen LogP contribution in [0.5, 0.6) is 0 Å². The van der Waals surface area contributed by atoms with E-state index in [1.54, 1.807) is 9.80 Å². The van der Waals surface area contributed by atoms with Gasteiger partial charge in [0.05, 0.1) is 12.5 Å². The number of carbonyl (C=O) groups is 2. The monoisotopic (exact) mass is 378 g/mol. The van der Waals surface area contributed by atoms with E-state index in [1.807, 2.05) is 31.3 Å². The largest absolute Gasteiger partial charge is 0.396 e. The number of nitrogens with zero attached hydrogens (tertiary/aromatic N) is 2. The molecule has 5 nitrogen and oxygen atoms in total. The lowest BCUT2D eigenvalue weighted by atomic mass is 9.69. The second-order valence-electron chi connectivity index (χ2n) is 7.84. The average Bonchev–Trinajstić information content (AvgIpc) is 2.61. The predicted octanol–water partition coefficient (Wildman–Crippen LogP) is 2.70. The fraction of sp³-hybridized carbons (Fsp3) is 0.600. The molecule has 0 radical (unpaired) electrons. The number of aliphatic hydroxyl groups excluding tert-OH is 1. The van der Waals surface area contributed by atoms with Gasteiger partial charge in [0.25, 0.3) is 0 Å². The summed E-state index contributed by atoms with van der Waals surface area (Å²) in [5.41, 5.74) is 0.899. The Bertz CT molecular complexity index is 652. The summed E-state index contributed by atoms with van der Waals surface area (Å²) in [4.78, 5) is 28.7. The van der Waals surface area contributed by atoms with Crippen LogP contribution in [0.25, 0.3) is 0 Å². The first-order valence-corrected chi connectivity index (χ1v) is 9.68. The molecule has 1 aliphatic carbocycles. The van der Waals surface area contributed by atoms with E-state index in [9.17, 15) is 14.7 Å². The third-order valence-corrected chi connectivity index (χ3v) is 6.09. The van der Waals surface area contributed by atoms with Gasteiger partial charge >= 0.3 is 0 Å². The van der Waals surface area contributed by atoms with Crippen molar-refractivity contribution in [2.24, 2.45) is 11.3 Å². The molecule has 3 rings (SSSR count). The second-order valence-corrected chi connectivity index (χ2v) is 8.28. The first-order valence-electron chi connectivity index (χ1n) is 9.30. The number of carbonyl (C=O) groups excluding carboxylic acids is 2. The molecule has 2 amide bonds. The van der Waals surface area contributed by atoms with Gasteiger partial charge in [-0.3, -0.25) is 9.59 Å². The van der Waals surface area contributed by atoms with Gasteiger partial charge in [-0.2, -0.15) is 0 Å². The van der Waals surface area contributed by atoms with Crippen molar-refractivity contribution in [2.45, 2.75) is 38.6 Å². The lowest BCUT2D eigenvalue weighted by molar-refractivity contribution is -0.144. The average molecular weight is 379 g/mol. The molecule has 2 fully saturated rings. The summed E-state index contributed by atoms with van der Waals surface area (Å²) in [6.07, 6.45) is 4.09. The van der Waals surface area contributed by atoms with Gasteiger partial charge in [-0.15, -0.1) is 0 Å². The van der Waals surface area contributed by atoms with E-state index in [1.165, 1.54) is 0 Å². The number of hydrogen-bond acceptors (Lipinski definition) is 3. The molecular formula is C20H27ClN2O3. The van der Waals surface area contributed by atoms with Crippen LogP contribution in [0.2, 0.25) is 5.02 Å². The standard InChI is InChI=1S/C20H27ClN2O3/c1-22(13-20(14-24)9-2-10-20)19(26)16-5-8-18(25)23(12-16)11-15-3-6-17(21)7-4-15/h3-4,6-7,16,24H,2,5,8-14H2,1H3. The Morgan fingerprint density at radius 2 is 2.04 bits per heavy atom. The van der Waals surface area contributed by atoms with Crippen LogP contribution in [-0.4, -0.2) is 53.5 Å². The molecule has 1 heterocycles. The smallest absolute Gasteiger partial charge is 0.227 e. The number of halogens is 1. The first kappa shape index (κ1) is 19.2. The maximum atomic E-state index is 12.9. The fourth-order valence-corrected chi connectivity index (χ4v) is 4.14. The van der Waals surface area contributed by atoms with Crippen molar-refractivity contribution in [1.82, 2.24) is 9.80 Å². The van der Waals surface area contributed by atoms with Crippen LogP contribution >= 0.6 is 11.6 Å². The van der Waals surface area contributed by atoms with Crippen molar-refractivity contribution >= 4 is 23.4 Å². The molecule has 26 heavy (non-hydrogen) atoms. The van der Waals surface area contributed by atoms with E-state index in [2.05, 4.69) is 0 Å². The molecular weight excluding hydrogens is 352 g/mol. The van der Waals surface area contributed by atoms with Crippen molar-refractivity contribution in [3.05, 3.63) is 34.9 Å². The minimum atomic E-state index is -0.166. The summed E-state index contributed by atoms with van der Waals surface area (Å²) >= 11 is 5.92. The highest BCUT2D eigenvalue weighted by atomic mass is 35.5. The number of aliphatic hydroxyl groups is 1. The highest BCUT2D eigenvalue weighted by Gasteiger charge is 2.40. The molecule has 2 aliphatic rings. The summed E-state index contributed by atoms with van der Waals surface area (Å²) in [6.45, 7) is 1.70. The lowest BCUT2D eigenvalue weighted by Crippen LogP contribution is -2.50. The van der Waals surface area contributed by atoms with Crippen LogP contribution in [0.4, 0.5) is 0 Å². The Morgan fingerprint density at radius 1 is 1.35 bits per heavy atom. The molecule has 1 saturated carbocycles. The van der Waals surface area contributed by atoms with Crippen LogP contribution in [0.1, 0.15) is 37.7 Å². The highest BCUT2D eigenvalue weighted by molar-refractivity contribution is 6.30. The maximum Gasteiger partial charge on any atom is 0.227 e. The molecule has 1 saturated heterocycles. The molecule has 0 bridgehead atoms. The number of likely N-dealkylation sites (tertiary alicyclic amines) is 1. The minimum Gasteiger partial charge on any atom is -0.396 e. The molecule has 1 unspecified atom stereocenters. The van der Waals surface area contributed by atoms with Crippen molar-refractivity contribution in [3.8, 4) is 0 Å². The topological polar surface area (TPSA) is 60.9 Å². The summed E-state index contributed by atoms with van der Waals surface area (Å²) in [5, 5.41) is 10.3. The number of piperidine rings is 1. The van der Waals surface area contributed by atoms with Gasteiger partial charge in [-0.05, 0) is 37.0 Å². The maximum absolute atomic E-state index is 12.9. The predicted molar refractivity (Wildman–Crippen MR) is 101 cm³/mol. The van der Waals surface area contributed by atoms with Crippen LogP contribution < -0.4 is 0 Å². The Kier molecular flexibility index (Phi) is 5.88. The third-order valence-electron chi connectivity index (χ3n) is 5.83. The van der Waals surface area contributed by atoms with E-state index in [0.29, 0.717) is 37.5 Å². The van der Waals surface area contributed by atoms with Gasteiger partial charge in [-0.25, -0.2) is 0 Å². The van der Waals surface area contributed by atoms with Crippen molar-refractivity contribution in [2.75, 3.05) is 26.7 Å². The number of amides is 2. The van der Waals surface area contributed by atoms with E-state index in [4.69, 9.17) is 11.6 Å². The molecule has 1 aliphatic heterocycles. The van der Waals surface area contributed by atoms with Gasteiger partial charge in [-0.1, -0.05) is 30.2 Å². The van der Waals surface area contributed by atoms with Crippen molar-refractivity contribution in [3.63, 3.8) is 0 Å². The Morgan fingerprint density at radius 3 is 2.62 bits per heavy atom. The molecule has 0 spiro atoms. The SMILES string of the molecule is CN(CC1(CO)CCC1)C(=O)C1CCC(=O)N(Cc2ccc(Cl)cc2)C1. The van der Waals surface area contributed by atoms with Gasteiger partial charge in [0.1, 0.15) is 0 Å². The molecule has 6 heteroatoms. The van der Waals surface area contributed by atoms with Crippen LogP contribution in [0, 0.1) is 11.3 Å². The minimum absolute atomic E-state index is 0.0818. The first-order chi connectivity index (χ1) is 12.4. The van der Waals surface area contributed by atoms with E-state index in [0.717, 1.165) is 24.8 Å². The Hall–Kier alpha value is -1.59. The second kappa shape index (κ2) is 7.97.